The normalized spacial score (nSPS) is 19.8. The molecule has 0 spiro atoms. The van der Waals surface area contributed by atoms with E-state index < -0.39 is 21.3 Å². The lowest BCUT2D eigenvalue weighted by Gasteiger charge is -2.43. The number of benzene rings is 1. The topological polar surface area (TPSA) is 96.0 Å². The fourth-order valence-electron chi connectivity index (χ4n) is 3.96. The summed E-state index contributed by atoms with van der Waals surface area (Å²) in [6.07, 6.45) is 0.661. The van der Waals surface area contributed by atoms with Gasteiger partial charge in [0.05, 0.1) is 35.0 Å². The first-order valence-corrected chi connectivity index (χ1v) is 12.6. The second kappa shape index (κ2) is 10.0. The number of hydrogen-bond donors (Lipinski definition) is 1. The third-order valence-electron chi connectivity index (χ3n) is 5.95. The Morgan fingerprint density at radius 2 is 1.77 bits per heavy atom. The van der Waals surface area contributed by atoms with Gasteiger partial charge < -0.3 is 15.0 Å². The Hall–Kier alpha value is -1.39. The number of halogens is 2. The van der Waals surface area contributed by atoms with Gasteiger partial charge in [0.15, 0.2) is 0 Å². The third kappa shape index (κ3) is 5.51. The molecule has 2 aliphatic heterocycles. The van der Waals surface area contributed by atoms with Gasteiger partial charge in [-0.1, -0.05) is 23.2 Å². The summed E-state index contributed by atoms with van der Waals surface area (Å²) in [5.74, 6) is -0.463. The Morgan fingerprint density at radius 3 is 2.35 bits per heavy atom. The average Bonchev–Trinajstić information content (AvgIpc) is 2.78. The van der Waals surface area contributed by atoms with Crippen molar-refractivity contribution in [1.29, 1.82) is 0 Å². The van der Waals surface area contributed by atoms with E-state index in [4.69, 9.17) is 27.9 Å². The van der Waals surface area contributed by atoms with Crippen LogP contribution in [-0.4, -0.2) is 81.1 Å². The molecule has 8 nitrogen and oxygen atoms in total. The Kier molecular flexibility index (Phi) is 7.86. The number of carbonyl (C=O) groups excluding carboxylic acids is 2. The van der Waals surface area contributed by atoms with Crippen molar-refractivity contribution < 1.29 is 22.7 Å². The molecule has 2 saturated heterocycles. The molecule has 172 valence electrons. The zero-order valence-corrected chi connectivity index (χ0v) is 19.7. The van der Waals surface area contributed by atoms with E-state index in [2.05, 4.69) is 5.32 Å². The summed E-state index contributed by atoms with van der Waals surface area (Å²) in [6.45, 7) is 4.07. The molecule has 11 heteroatoms. The fourth-order valence-corrected chi connectivity index (χ4v) is 5.56. The number of hydrogen-bond acceptors (Lipinski definition) is 5. The predicted octanol–water partition coefficient (Wildman–Crippen LogP) is 2.01. The summed E-state index contributed by atoms with van der Waals surface area (Å²) in [5, 5.41) is 3.49. The highest BCUT2D eigenvalue weighted by Crippen LogP contribution is 2.35. The van der Waals surface area contributed by atoms with Gasteiger partial charge in [-0.05, 0) is 38.0 Å². The minimum Gasteiger partial charge on any atom is -0.378 e. The summed E-state index contributed by atoms with van der Waals surface area (Å²) >= 11 is 12.0. The highest BCUT2D eigenvalue weighted by atomic mass is 35.5. The smallest absolute Gasteiger partial charge is 0.252 e. The SMILES string of the molecule is CCS(=O)(=O)N1CCC(CNC(=O)c2ccc(Cl)cc2Cl)(C(=O)N2CCOCC2)CC1. The molecule has 31 heavy (non-hydrogen) atoms. The molecule has 1 aromatic carbocycles. The number of amides is 2. The number of sulfonamides is 1. The van der Waals surface area contributed by atoms with Gasteiger partial charge in [0, 0.05) is 37.7 Å². The molecule has 0 saturated carbocycles. The Morgan fingerprint density at radius 1 is 1.13 bits per heavy atom. The van der Waals surface area contributed by atoms with Crippen LogP contribution in [0.15, 0.2) is 18.2 Å². The molecule has 2 aliphatic rings. The maximum absolute atomic E-state index is 13.5. The monoisotopic (exact) mass is 491 g/mol. The number of nitrogens with one attached hydrogen (secondary N) is 1. The molecule has 0 radical (unpaired) electrons. The van der Waals surface area contributed by atoms with Crippen LogP contribution in [-0.2, 0) is 19.6 Å². The molecule has 1 N–H and O–H groups in total. The number of carbonyl (C=O) groups is 2. The van der Waals surface area contributed by atoms with Crippen LogP contribution in [0.4, 0.5) is 0 Å². The summed E-state index contributed by atoms with van der Waals surface area (Å²) in [6, 6.07) is 4.60. The zero-order valence-electron chi connectivity index (χ0n) is 17.4. The second-order valence-corrected chi connectivity index (χ2v) is 10.9. The van der Waals surface area contributed by atoms with Crippen molar-refractivity contribution in [2.75, 3.05) is 51.7 Å². The number of ether oxygens (including phenoxy) is 1. The van der Waals surface area contributed by atoms with E-state index in [0.717, 1.165) is 0 Å². The lowest BCUT2D eigenvalue weighted by molar-refractivity contribution is -0.148. The summed E-state index contributed by atoms with van der Waals surface area (Å²) in [5.41, 5.74) is -0.614. The van der Waals surface area contributed by atoms with Crippen LogP contribution in [0.3, 0.4) is 0 Å². The van der Waals surface area contributed by atoms with Gasteiger partial charge in [-0.15, -0.1) is 0 Å². The highest BCUT2D eigenvalue weighted by Gasteiger charge is 2.45. The first-order valence-electron chi connectivity index (χ1n) is 10.3. The Balaban J connectivity index is 1.77. The van der Waals surface area contributed by atoms with Gasteiger partial charge in [-0.25, -0.2) is 12.7 Å². The number of morpholine rings is 1. The third-order valence-corrected chi connectivity index (χ3v) is 8.38. The van der Waals surface area contributed by atoms with Gasteiger partial charge >= 0.3 is 0 Å². The Bertz CT molecular complexity index is 927. The summed E-state index contributed by atoms with van der Waals surface area (Å²) in [7, 11) is -3.33. The van der Waals surface area contributed by atoms with Gasteiger partial charge in [0.1, 0.15) is 0 Å². The van der Waals surface area contributed by atoms with E-state index >= 15 is 0 Å². The average molecular weight is 492 g/mol. The molecule has 2 fully saturated rings. The largest absolute Gasteiger partial charge is 0.378 e. The van der Waals surface area contributed by atoms with Crippen molar-refractivity contribution in [2.24, 2.45) is 5.41 Å². The van der Waals surface area contributed by atoms with Crippen molar-refractivity contribution >= 4 is 45.0 Å². The maximum atomic E-state index is 13.5. The van der Waals surface area contributed by atoms with Crippen LogP contribution in [0.2, 0.25) is 10.0 Å². The first-order chi connectivity index (χ1) is 14.7. The van der Waals surface area contributed by atoms with E-state index in [-0.39, 0.29) is 41.9 Å². The molecule has 0 aromatic heterocycles. The first kappa shape index (κ1) is 24.3. The van der Waals surface area contributed by atoms with E-state index in [9.17, 15) is 18.0 Å². The number of piperidine rings is 1. The van der Waals surface area contributed by atoms with E-state index in [1.54, 1.807) is 17.9 Å². The molecule has 1 aromatic rings. The lowest BCUT2D eigenvalue weighted by atomic mass is 9.77. The van der Waals surface area contributed by atoms with Crippen LogP contribution in [0.25, 0.3) is 0 Å². The number of rotatable bonds is 6. The van der Waals surface area contributed by atoms with Gasteiger partial charge in [0.2, 0.25) is 15.9 Å². The molecule has 0 aliphatic carbocycles. The van der Waals surface area contributed by atoms with Crippen LogP contribution in [0, 0.1) is 5.41 Å². The predicted molar refractivity (Wildman–Crippen MR) is 119 cm³/mol. The van der Waals surface area contributed by atoms with Crippen molar-refractivity contribution in [3.05, 3.63) is 33.8 Å². The fraction of sp³-hybridized carbons (Fsp3) is 0.600. The lowest BCUT2D eigenvalue weighted by Crippen LogP contribution is -2.57. The molecular weight excluding hydrogens is 465 g/mol. The van der Waals surface area contributed by atoms with Gasteiger partial charge in [-0.3, -0.25) is 9.59 Å². The molecular formula is C20H27Cl2N3O5S. The number of nitrogens with zero attached hydrogens (tertiary/aromatic N) is 2. The van der Waals surface area contributed by atoms with E-state index in [1.807, 2.05) is 0 Å². The zero-order chi connectivity index (χ0) is 22.6. The van der Waals surface area contributed by atoms with Crippen molar-refractivity contribution in [3.8, 4) is 0 Å². The van der Waals surface area contributed by atoms with Crippen LogP contribution in [0.5, 0.6) is 0 Å². The van der Waals surface area contributed by atoms with Crippen molar-refractivity contribution in [2.45, 2.75) is 19.8 Å². The second-order valence-electron chi connectivity index (χ2n) is 7.79. The van der Waals surface area contributed by atoms with E-state index in [0.29, 0.717) is 44.2 Å². The molecule has 2 amide bonds. The van der Waals surface area contributed by atoms with Crippen LogP contribution >= 0.6 is 23.2 Å². The summed E-state index contributed by atoms with van der Waals surface area (Å²) < 4.78 is 31.3. The van der Waals surface area contributed by atoms with Crippen LogP contribution < -0.4 is 5.32 Å². The van der Waals surface area contributed by atoms with E-state index in [1.165, 1.54) is 16.4 Å². The van der Waals surface area contributed by atoms with Gasteiger partial charge in [0.25, 0.3) is 5.91 Å². The molecule has 0 atom stereocenters. The van der Waals surface area contributed by atoms with Crippen molar-refractivity contribution in [3.63, 3.8) is 0 Å². The van der Waals surface area contributed by atoms with Crippen molar-refractivity contribution in [1.82, 2.24) is 14.5 Å². The minimum atomic E-state index is -3.33. The molecule has 0 unspecified atom stereocenters. The molecule has 0 bridgehead atoms. The maximum Gasteiger partial charge on any atom is 0.252 e. The minimum absolute atomic E-state index is 0.0171. The quantitative estimate of drug-likeness (QED) is 0.656. The Labute approximate surface area is 192 Å². The van der Waals surface area contributed by atoms with Gasteiger partial charge in [-0.2, -0.15) is 0 Å². The highest BCUT2D eigenvalue weighted by molar-refractivity contribution is 7.89. The molecule has 2 heterocycles. The standard InChI is InChI=1S/C20H27Cl2N3O5S/c1-2-31(28,29)25-7-5-20(6-8-25,19(27)24-9-11-30-12-10-24)14-23-18(26)16-4-3-15(21)13-17(16)22/h3-4,13H,2,5-12,14H2,1H3,(H,23,26). The summed E-state index contributed by atoms with van der Waals surface area (Å²) in [4.78, 5) is 28.0. The van der Waals surface area contributed by atoms with Crippen LogP contribution in [0.1, 0.15) is 30.1 Å². The molecule has 3 rings (SSSR count).